The van der Waals surface area contributed by atoms with Crippen LogP contribution in [0.25, 0.3) is 17.0 Å². The molecule has 0 saturated heterocycles. The molecule has 0 saturated carbocycles. The highest BCUT2D eigenvalue weighted by atomic mass is 32.1. The van der Waals surface area contributed by atoms with E-state index in [0.717, 1.165) is 22.0 Å². The van der Waals surface area contributed by atoms with E-state index in [-0.39, 0.29) is 11.4 Å². The first-order valence-electron chi connectivity index (χ1n) is 12.4. The molecule has 0 amide bonds. The Hall–Kier alpha value is -4.56. The molecule has 5 aromatic rings. The van der Waals surface area contributed by atoms with Crippen LogP contribution in [0.4, 0.5) is 4.39 Å². The van der Waals surface area contributed by atoms with Crippen molar-refractivity contribution >= 4 is 34.3 Å². The number of hydrogen-bond donors (Lipinski definition) is 0. The number of aromatic nitrogens is 2. The maximum Gasteiger partial charge on any atom is 0.338 e. The number of hydrogen-bond acceptors (Lipinski definition) is 5. The third-order valence-corrected chi connectivity index (χ3v) is 7.93. The van der Waals surface area contributed by atoms with Crippen LogP contribution in [-0.2, 0) is 16.1 Å². The second-order valence-corrected chi connectivity index (χ2v) is 10.3. The molecular weight excluding hydrogens is 513 g/mol. The standard InChI is InChI=1S/C31H24FN3O3S/c1-19-27(30(37)38-2)28(20-10-4-3-5-11-20)35-29(36)26(39-31(35)33-19)16-22-18-34(25-15-9-7-13-23(22)25)17-21-12-6-8-14-24(21)32/h3-16,18,28H,17H2,1-2H3/b26-16-/t28-/m1/s1. The first-order chi connectivity index (χ1) is 19.0. The minimum Gasteiger partial charge on any atom is -0.466 e. The van der Waals surface area contributed by atoms with E-state index in [4.69, 9.17) is 4.74 Å². The van der Waals surface area contributed by atoms with Crippen molar-refractivity contribution in [3.8, 4) is 0 Å². The molecule has 0 aliphatic carbocycles. The molecule has 1 aliphatic heterocycles. The van der Waals surface area contributed by atoms with Gasteiger partial charge in [0.2, 0.25) is 0 Å². The molecule has 2 aromatic heterocycles. The zero-order valence-electron chi connectivity index (χ0n) is 21.3. The summed E-state index contributed by atoms with van der Waals surface area (Å²) < 4.78 is 23.5. The summed E-state index contributed by atoms with van der Waals surface area (Å²) in [5.41, 5.74) is 3.76. The molecular formula is C31H24FN3O3S. The van der Waals surface area contributed by atoms with Crippen molar-refractivity contribution in [3.05, 3.63) is 139 Å². The summed E-state index contributed by atoms with van der Waals surface area (Å²) >= 11 is 1.28. The van der Waals surface area contributed by atoms with Crippen molar-refractivity contribution < 1.29 is 13.9 Å². The van der Waals surface area contributed by atoms with Crippen LogP contribution in [0.2, 0.25) is 0 Å². The van der Waals surface area contributed by atoms with Crippen LogP contribution in [0.5, 0.6) is 0 Å². The van der Waals surface area contributed by atoms with Crippen molar-refractivity contribution in [2.45, 2.75) is 19.5 Å². The Morgan fingerprint density at radius 1 is 1.05 bits per heavy atom. The zero-order valence-corrected chi connectivity index (χ0v) is 22.1. The monoisotopic (exact) mass is 537 g/mol. The number of benzene rings is 3. The lowest BCUT2D eigenvalue weighted by Gasteiger charge is -2.24. The van der Waals surface area contributed by atoms with E-state index in [1.165, 1.54) is 24.5 Å². The number of ether oxygens (including phenoxy) is 1. The second kappa shape index (κ2) is 9.96. The number of carbonyl (C=O) groups excluding carboxylic acids is 1. The van der Waals surface area contributed by atoms with Gasteiger partial charge in [-0.05, 0) is 30.7 Å². The molecule has 1 atom stereocenters. The lowest BCUT2D eigenvalue weighted by molar-refractivity contribution is -0.136. The number of fused-ring (bicyclic) bond motifs is 2. The minimum atomic E-state index is -0.653. The minimum absolute atomic E-state index is 0.243. The molecule has 0 spiro atoms. The van der Waals surface area contributed by atoms with Crippen LogP contribution in [0.1, 0.15) is 29.7 Å². The normalized spacial score (nSPS) is 15.4. The van der Waals surface area contributed by atoms with Crippen molar-refractivity contribution in [3.63, 3.8) is 0 Å². The number of methoxy groups -OCH3 is 1. The van der Waals surface area contributed by atoms with E-state index in [1.807, 2.05) is 77.5 Å². The van der Waals surface area contributed by atoms with Gasteiger partial charge in [-0.15, -0.1) is 0 Å². The summed E-state index contributed by atoms with van der Waals surface area (Å²) in [6, 6.07) is 23.3. The lowest BCUT2D eigenvalue weighted by atomic mass is 9.96. The molecule has 0 radical (unpaired) electrons. The number of nitrogens with zero attached hydrogens (tertiary/aromatic N) is 3. The Balaban J connectivity index is 1.53. The predicted octanol–water partition coefficient (Wildman–Crippen LogP) is 4.55. The van der Waals surface area contributed by atoms with Gasteiger partial charge in [0.25, 0.3) is 5.56 Å². The number of esters is 1. The molecule has 0 bridgehead atoms. The van der Waals surface area contributed by atoms with Crippen molar-refractivity contribution in [1.82, 2.24) is 9.13 Å². The maximum atomic E-state index is 14.4. The Bertz CT molecular complexity index is 1950. The second-order valence-electron chi connectivity index (χ2n) is 9.30. The van der Waals surface area contributed by atoms with Crippen molar-refractivity contribution in [1.29, 1.82) is 0 Å². The number of allylic oxidation sites excluding steroid dienone is 1. The van der Waals surface area contributed by atoms with Gasteiger partial charge in [0.15, 0.2) is 4.80 Å². The Morgan fingerprint density at radius 3 is 2.54 bits per heavy atom. The summed E-state index contributed by atoms with van der Waals surface area (Å²) in [6.45, 7) is 2.12. The van der Waals surface area contributed by atoms with Gasteiger partial charge in [-0.1, -0.05) is 78.1 Å². The van der Waals surface area contributed by atoms with Gasteiger partial charge in [-0.2, -0.15) is 0 Å². The van der Waals surface area contributed by atoms with E-state index in [1.54, 1.807) is 23.6 Å². The van der Waals surface area contributed by atoms with Gasteiger partial charge in [0.1, 0.15) is 5.82 Å². The van der Waals surface area contributed by atoms with Crippen LogP contribution in [0, 0.1) is 5.82 Å². The highest BCUT2D eigenvalue weighted by Gasteiger charge is 2.32. The highest BCUT2D eigenvalue weighted by Crippen LogP contribution is 2.30. The molecule has 6 nitrogen and oxygen atoms in total. The number of para-hydroxylation sites is 1. The third-order valence-electron chi connectivity index (χ3n) is 6.95. The summed E-state index contributed by atoms with van der Waals surface area (Å²) in [5, 5.41) is 0.950. The van der Waals surface area contributed by atoms with Gasteiger partial charge >= 0.3 is 5.97 Å². The summed E-state index contributed by atoms with van der Waals surface area (Å²) in [4.78, 5) is 31.8. The molecule has 194 valence electrons. The molecule has 39 heavy (non-hydrogen) atoms. The topological polar surface area (TPSA) is 65.6 Å². The zero-order chi connectivity index (χ0) is 27.1. The van der Waals surface area contributed by atoms with E-state index in [9.17, 15) is 14.0 Å². The van der Waals surface area contributed by atoms with Gasteiger partial charge in [-0.3, -0.25) is 9.36 Å². The molecule has 3 aromatic carbocycles. The largest absolute Gasteiger partial charge is 0.466 e. The SMILES string of the molecule is COC(=O)C1=C(C)N=c2s/c(=C\c3cn(Cc4ccccc4F)c4ccccc34)c(=O)n2[C@@H]1c1ccccc1. The van der Waals surface area contributed by atoms with E-state index >= 15 is 0 Å². The maximum absolute atomic E-state index is 14.4. The van der Waals surface area contributed by atoms with Crippen molar-refractivity contribution in [2.75, 3.05) is 7.11 Å². The Kier molecular flexibility index (Phi) is 6.32. The lowest BCUT2D eigenvalue weighted by Crippen LogP contribution is -2.39. The number of thiazole rings is 1. The first-order valence-corrected chi connectivity index (χ1v) is 13.2. The predicted molar refractivity (Wildman–Crippen MR) is 150 cm³/mol. The number of halogens is 1. The molecule has 8 heteroatoms. The van der Waals surface area contributed by atoms with E-state index in [0.29, 0.717) is 32.7 Å². The highest BCUT2D eigenvalue weighted by molar-refractivity contribution is 7.07. The smallest absolute Gasteiger partial charge is 0.338 e. The first kappa shape index (κ1) is 24.8. The molecule has 6 rings (SSSR count). The summed E-state index contributed by atoms with van der Waals surface area (Å²) in [6.07, 6.45) is 3.79. The Labute approximate surface area is 227 Å². The van der Waals surface area contributed by atoms with Crippen LogP contribution >= 0.6 is 11.3 Å². The third kappa shape index (κ3) is 4.32. The van der Waals surface area contributed by atoms with Crippen LogP contribution in [0.3, 0.4) is 0 Å². The van der Waals surface area contributed by atoms with Gasteiger partial charge in [0, 0.05) is 28.2 Å². The summed E-state index contributed by atoms with van der Waals surface area (Å²) in [5.74, 6) is -0.779. The molecule has 3 heterocycles. The van der Waals surface area contributed by atoms with Crippen molar-refractivity contribution in [2.24, 2.45) is 4.99 Å². The number of rotatable bonds is 5. The fourth-order valence-electron chi connectivity index (χ4n) is 5.12. The fraction of sp³-hybridized carbons (Fsp3) is 0.129. The summed E-state index contributed by atoms with van der Waals surface area (Å²) in [7, 11) is 1.33. The molecule has 0 N–H and O–H groups in total. The number of carbonyl (C=O) groups is 1. The Morgan fingerprint density at radius 2 is 1.77 bits per heavy atom. The molecule has 0 unspecified atom stereocenters. The van der Waals surface area contributed by atoms with Crippen LogP contribution in [-0.4, -0.2) is 22.2 Å². The quantitative estimate of drug-likeness (QED) is 0.309. The fourth-order valence-corrected chi connectivity index (χ4v) is 6.15. The average molecular weight is 538 g/mol. The van der Waals surface area contributed by atoms with Crippen LogP contribution in [0.15, 0.2) is 106 Å². The molecule has 1 aliphatic rings. The van der Waals surface area contributed by atoms with E-state index in [2.05, 4.69) is 4.99 Å². The van der Waals surface area contributed by atoms with E-state index < -0.39 is 12.0 Å². The van der Waals surface area contributed by atoms with Crippen LogP contribution < -0.4 is 14.9 Å². The average Bonchev–Trinajstić information content (AvgIpc) is 3.45. The van der Waals surface area contributed by atoms with Gasteiger partial charge in [0.05, 0.1) is 35.5 Å². The van der Waals surface area contributed by atoms with Gasteiger partial charge in [-0.25, -0.2) is 14.2 Å². The molecule has 0 fully saturated rings. The van der Waals surface area contributed by atoms with Gasteiger partial charge < -0.3 is 9.30 Å².